The first kappa shape index (κ1) is 26.7. The fourth-order valence-corrected chi connectivity index (χ4v) is 3.77. The van der Waals surface area contributed by atoms with Gasteiger partial charge in [0.2, 0.25) is 5.91 Å². The largest absolute Gasteiger partial charge is 0.433 e. The van der Waals surface area contributed by atoms with E-state index < -0.39 is 40.5 Å². The third-order valence-corrected chi connectivity index (χ3v) is 6.06. The molecule has 186 valence electrons. The van der Waals surface area contributed by atoms with E-state index in [1.54, 1.807) is 13.0 Å². The van der Waals surface area contributed by atoms with Crippen molar-refractivity contribution < 1.29 is 26.6 Å². The normalized spacial score (nSPS) is 13.3. The van der Waals surface area contributed by atoms with Gasteiger partial charge >= 0.3 is 6.18 Å². The van der Waals surface area contributed by atoms with E-state index >= 15 is 0 Å². The van der Waals surface area contributed by atoms with Crippen molar-refractivity contribution in [1.82, 2.24) is 20.0 Å². The molecule has 2 unspecified atom stereocenters. The molecule has 0 saturated heterocycles. The van der Waals surface area contributed by atoms with Gasteiger partial charge in [-0.3, -0.25) is 9.78 Å². The molecule has 2 N–H and O–H groups in total. The fourth-order valence-electron chi connectivity index (χ4n) is 3.22. The van der Waals surface area contributed by atoms with E-state index in [-0.39, 0.29) is 29.4 Å². The molecule has 0 saturated carbocycles. The molecular weight excluding hydrogens is 508 g/mol. The Morgan fingerprint density at radius 3 is 2.49 bits per heavy atom. The number of halogens is 5. The van der Waals surface area contributed by atoms with E-state index in [2.05, 4.69) is 20.0 Å². The molecule has 3 aromatic rings. The van der Waals surface area contributed by atoms with Crippen molar-refractivity contribution in [1.29, 1.82) is 0 Å². The first-order valence-electron chi connectivity index (χ1n) is 10.3. The maximum absolute atomic E-state index is 14.4. The standard InChI is InChI=1S/C23H21ClF4N4O2S/c1-13(14-3-4-15(19(25)9-14)11-31-35(2)34)22(33)30-10-16-5-6-20(23(26,27)28)32-21(16)17-12-29-8-7-18(17)24/h3-9,12-13,31H,10-11H2,1-2H3,(H,30,33). The summed E-state index contributed by atoms with van der Waals surface area (Å²) in [6.07, 6.45) is -0.549. The van der Waals surface area contributed by atoms with Gasteiger partial charge in [-0.1, -0.05) is 29.8 Å². The number of benzene rings is 1. The lowest BCUT2D eigenvalue weighted by atomic mass is 9.98. The summed E-state index contributed by atoms with van der Waals surface area (Å²) in [4.78, 5) is 20.4. The van der Waals surface area contributed by atoms with Crippen LogP contribution in [0.25, 0.3) is 11.3 Å². The summed E-state index contributed by atoms with van der Waals surface area (Å²) in [6, 6.07) is 7.78. The molecule has 0 aliphatic heterocycles. The monoisotopic (exact) mass is 528 g/mol. The summed E-state index contributed by atoms with van der Waals surface area (Å²) in [5.74, 6) is -1.77. The Balaban J connectivity index is 1.80. The van der Waals surface area contributed by atoms with E-state index in [4.69, 9.17) is 11.6 Å². The Hall–Kier alpha value is -2.89. The van der Waals surface area contributed by atoms with Crippen LogP contribution >= 0.6 is 11.6 Å². The number of carbonyl (C=O) groups excluding carboxylic acids is 1. The van der Waals surface area contributed by atoms with Gasteiger partial charge in [0.1, 0.15) is 11.5 Å². The molecule has 3 rings (SSSR count). The summed E-state index contributed by atoms with van der Waals surface area (Å²) in [5.41, 5.74) is 0.0354. The van der Waals surface area contributed by atoms with Crippen LogP contribution in [0.4, 0.5) is 17.6 Å². The van der Waals surface area contributed by atoms with E-state index in [0.717, 1.165) is 6.07 Å². The highest BCUT2D eigenvalue weighted by Gasteiger charge is 2.33. The van der Waals surface area contributed by atoms with Crippen molar-refractivity contribution in [3.63, 3.8) is 0 Å². The SMILES string of the molecule is CC(C(=O)NCc1ccc(C(F)(F)F)nc1-c1cnccc1Cl)c1ccc(CNS(C)=O)c(F)c1. The second kappa shape index (κ2) is 11.2. The lowest BCUT2D eigenvalue weighted by Gasteiger charge is -2.16. The number of carbonyl (C=O) groups is 1. The predicted molar refractivity (Wildman–Crippen MR) is 125 cm³/mol. The van der Waals surface area contributed by atoms with Gasteiger partial charge < -0.3 is 5.32 Å². The molecule has 0 fully saturated rings. The van der Waals surface area contributed by atoms with Crippen LogP contribution in [0, 0.1) is 5.82 Å². The summed E-state index contributed by atoms with van der Waals surface area (Å²) in [6.45, 7) is 1.51. The van der Waals surface area contributed by atoms with Crippen LogP contribution in [0.2, 0.25) is 5.02 Å². The molecule has 0 aliphatic rings. The summed E-state index contributed by atoms with van der Waals surface area (Å²) in [7, 11) is -1.30. The van der Waals surface area contributed by atoms with Gasteiger partial charge in [0, 0.05) is 42.9 Å². The molecule has 0 aliphatic carbocycles. The van der Waals surface area contributed by atoms with Gasteiger partial charge in [-0.2, -0.15) is 13.2 Å². The summed E-state index contributed by atoms with van der Waals surface area (Å²) >= 11 is 6.15. The van der Waals surface area contributed by atoms with Crippen LogP contribution < -0.4 is 10.0 Å². The van der Waals surface area contributed by atoms with Crippen molar-refractivity contribution in [2.75, 3.05) is 6.26 Å². The molecule has 0 radical (unpaired) electrons. The molecule has 1 aromatic carbocycles. The second-order valence-corrected chi connectivity index (χ2v) is 9.23. The highest BCUT2D eigenvalue weighted by Crippen LogP contribution is 2.33. The zero-order chi connectivity index (χ0) is 25.8. The van der Waals surface area contributed by atoms with E-state index in [1.165, 1.54) is 42.9 Å². The Bertz CT molecular complexity index is 1260. The van der Waals surface area contributed by atoms with Crippen LogP contribution in [0.1, 0.15) is 35.2 Å². The van der Waals surface area contributed by atoms with E-state index in [9.17, 15) is 26.6 Å². The molecule has 35 heavy (non-hydrogen) atoms. The minimum atomic E-state index is -4.67. The van der Waals surface area contributed by atoms with Crippen molar-refractivity contribution >= 4 is 28.5 Å². The number of pyridine rings is 2. The quantitative estimate of drug-likeness (QED) is 0.413. The average molecular weight is 529 g/mol. The van der Waals surface area contributed by atoms with E-state index in [1.807, 2.05) is 0 Å². The van der Waals surface area contributed by atoms with Crippen LogP contribution in [-0.4, -0.2) is 26.3 Å². The third kappa shape index (κ3) is 6.83. The number of nitrogens with zero attached hydrogens (tertiary/aromatic N) is 2. The number of nitrogens with one attached hydrogen (secondary N) is 2. The number of aromatic nitrogens is 2. The highest BCUT2D eigenvalue weighted by molar-refractivity contribution is 7.82. The van der Waals surface area contributed by atoms with Crippen LogP contribution in [-0.2, 0) is 35.0 Å². The number of hydrogen-bond acceptors (Lipinski definition) is 4. The second-order valence-electron chi connectivity index (χ2n) is 7.62. The molecule has 0 spiro atoms. The maximum Gasteiger partial charge on any atom is 0.433 e. The molecule has 2 atom stereocenters. The van der Waals surface area contributed by atoms with Gasteiger partial charge in [0.15, 0.2) is 0 Å². The van der Waals surface area contributed by atoms with Crippen molar-refractivity contribution in [2.45, 2.75) is 32.1 Å². The molecule has 12 heteroatoms. The lowest BCUT2D eigenvalue weighted by Crippen LogP contribution is -2.28. The Labute approximate surface area is 206 Å². The highest BCUT2D eigenvalue weighted by atomic mass is 35.5. The minimum absolute atomic E-state index is 0.0536. The minimum Gasteiger partial charge on any atom is -0.351 e. The number of hydrogen-bond donors (Lipinski definition) is 2. The molecule has 6 nitrogen and oxygen atoms in total. The van der Waals surface area contributed by atoms with Crippen molar-refractivity contribution in [3.8, 4) is 11.3 Å². The molecule has 1 amide bonds. The lowest BCUT2D eigenvalue weighted by molar-refractivity contribution is -0.141. The van der Waals surface area contributed by atoms with Gasteiger partial charge in [-0.05, 0) is 36.2 Å². The van der Waals surface area contributed by atoms with Crippen molar-refractivity contribution in [3.05, 3.63) is 82.0 Å². The van der Waals surface area contributed by atoms with Gasteiger partial charge in [-0.15, -0.1) is 0 Å². The smallest absolute Gasteiger partial charge is 0.351 e. The number of alkyl halides is 3. The van der Waals surface area contributed by atoms with E-state index in [0.29, 0.717) is 16.7 Å². The molecular formula is C23H21ClF4N4O2S. The fraction of sp³-hybridized carbons (Fsp3) is 0.261. The zero-order valence-corrected chi connectivity index (χ0v) is 20.2. The average Bonchev–Trinajstić information content (AvgIpc) is 2.80. The first-order valence-corrected chi connectivity index (χ1v) is 12.2. The van der Waals surface area contributed by atoms with Crippen LogP contribution in [0.5, 0.6) is 0 Å². The first-order chi connectivity index (χ1) is 16.5. The zero-order valence-electron chi connectivity index (χ0n) is 18.6. The van der Waals surface area contributed by atoms with Crippen LogP contribution in [0.15, 0.2) is 48.8 Å². The molecule has 2 aromatic heterocycles. The van der Waals surface area contributed by atoms with Gasteiger partial charge in [0.05, 0.1) is 27.6 Å². The van der Waals surface area contributed by atoms with Crippen LogP contribution in [0.3, 0.4) is 0 Å². The number of amides is 1. The van der Waals surface area contributed by atoms with Crippen molar-refractivity contribution in [2.24, 2.45) is 0 Å². The Morgan fingerprint density at radius 2 is 1.86 bits per heavy atom. The van der Waals surface area contributed by atoms with Gasteiger partial charge in [0.25, 0.3) is 0 Å². The topological polar surface area (TPSA) is 84.0 Å². The molecule has 2 heterocycles. The third-order valence-electron chi connectivity index (χ3n) is 5.18. The summed E-state index contributed by atoms with van der Waals surface area (Å²) < 4.78 is 67.9. The summed E-state index contributed by atoms with van der Waals surface area (Å²) in [5, 5.41) is 2.82. The molecule has 0 bridgehead atoms. The Morgan fingerprint density at radius 1 is 1.14 bits per heavy atom. The predicted octanol–water partition coefficient (Wildman–Crippen LogP) is 4.76. The Kier molecular flexibility index (Phi) is 8.57. The maximum atomic E-state index is 14.4. The van der Waals surface area contributed by atoms with Gasteiger partial charge in [-0.25, -0.2) is 18.3 Å². The number of rotatable bonds is 8.